The Labute approximate surface area is 95.5 Å². The molecule has 6 heteroatoms. The molecule has 0 aliphatic carbocycles. The maximum absolute atomic E-state index is 13.2. The first-order valence-electron chi connectivity index (χ1n) is 4.72. The third kappa shape index (κ3) is 2.60. The van der Waals surface area contributed by atoms with Crippen LogP contribution in [-0.2, 0) is 6.61 Å². The van der Waals surface area contributed by atoms with E-state index in [1.807, 2.05) is 0 Å². The summed E-state index contributed by atoms with van der Waals surface area (Å²) in [6, 6.07) is 5.90. The average Bonchev–Trinajstić information content (AvgIpc) is 2.77. The van der Waals surface area contributed by atoms with E-state index in [-0.39, 0.29) is 18.1 Å². The zero-order valence-corrected chi connectivity index (χ0v) is 8.59. The van der Waals surface area contributed by atoms with Gasteiger partial charge >= 0.3 is 11.9 Å². The lowest BCUT2D eigenvalue weighted by molar-refractivity contribution is 0.0653. The Balaban J connectivity index is 2.02. The summed E-state index contributed by atoms with van der Waals surface area (Å²) in [4.78, 5) is 14.1. The van der Waals surface area contributed by atoms with E-state index in [0.29, 0.717) is 0 Å². The summed E-state index contributed by atoms with van der Waals surface area (Å²) in [6.07, 6.45) is 1.16. The van der Waals surface area contributed by atoms with E-state index in [1.54, 1.807) is 12.1 Å². The van der Waals surface area contributed by atoms with Crippen molar-refractivity contribution in [2.24, 2.45) is 0 Å². The number of oxazole rings is 1. The minimum absolute atomic E-state index is 0.0578. The molecular weight excluding hydrogens is 229 g/mol. The SMILES string of the molecule is O=C(O)c1nc(COc2ccccc2F)co1. The third-order valence-electron chi connectivity index (χ3n) is 1.95. The van der Waals surface area contributed by atoms with E-state index in [9.17, 15) is 9.18 Å². The van der Waals surface area contributed by atoms with E-state index in [1.165, 1.54) is 12.1 Å². The molecule has 0 aliphatic rings. The molecule has 88 valence electrons. The molecule has 5 nitrogen and oxygen atoms in total. The fourth-order valence-corrected chi connectivity index (χ4v) is 1.18. The van der Waals surface area contributed by atoms with E-state index < -0.39 is 17.7 Å². The van der Waals surface area contributed by atoms with Crippen LogP contribution in [0.2, 0.25) is 0 Å². The number of rotatable bonds is 4. The number of nitrogens with zero attached hydrogens (tertiary/aromatic N) is 1. The Kier molecular flexibility index (Phi) is 3.04. The van der Waals surface area contributed by atoms with Crippen molar-refractivity contribution in [1.29, 1.82) is 0 Å². The molecule has 1 aromatic carbocycles. The maximum atomic E-state index is 13.2. The topological polar surface area (TPSA) is 72.6 Å². The van der Waals surface area contributed by atoms with Crippen molar-refractivity contribution in [3.8, 4) is 5.75 Å². The van der Waals surface area contributed by atoms with Crippen molar-refractivity contribution in [2.75, 3.05) is 0 Å². The number of hydrogen-bond donors (Lipinski definition) is 1. The van der Waals surface area contributed by atoms with Gasteiger partial charge in [-0.1, -0.05) is 12.1 Å². The zero-order chi connectivity index (χ0) is 12.3. The molecule has 0 amide bonds. The highest BCUT2D eigenvalue weighted by molar-refractivity contribution is 5.82. The minimum Gasteiger partial charge on any atom is -0.484 e. The Hall–Kier alpha value is -2.37. The average molecular weight is 237 g/mol. The molecule has 1 heterocycles. The molecule has 2 aromatic rings. The number of carboxylic acids is 1. The van der Waals surface area contributed by atoms with Crippen molar-refractivity contribution in [3.05, 3.63) is 47.9 Å². The molecule has 0 aliphatic heterocycles. The predicted octanol–water partition coefficient (Wildman–Crippen LogP) is 2.09. The van der Waals surface area contributed by atoms with E-state index >= 15 is 0 Å². The number of aromatic nitrogens is 1. The van der Waals surface area contributed by atoms with Crippen molar-refractivity contribution in [1.82, 2.24) is 4.98 Å². The molecule has 0 unspecified atom stereocenters. The number of para-hydroxylation sites is 1. The van der Waals surface area contributed by atoms with Gasteiger partial charge in [-0.05, 0) is 12.1 Å². The van der Waals surface area contributed by atoms with Crippen LogP contribution in [0.3, 0.4) is 0 Å². The van der Waals surface area contributed by atoms with Crippen LogP contribution in [-0.4, -0.2) is 16.1 Å². The molecular formula is C11H8FNO4. The summed E-state index contributed by atoms with van der Waals surface area (Å²) in [5.74, 6) is -2.10. The van der Waals surface area contributed by atoms with Crippen LogP contribution in [0.1, 0.15) is 16.4 Å². The Morgan fingerprint density at radius 1 is 1.47 bits per heavy atom. The molecule has 0 saturated heterocycles. The van der Waals surface area contributed by atoms with Gasteiger partial charge in [-0.3, -0.25) is 0 Å². The van der Waals surface area contributed by atoms with Crippen molar-refractivity contribution < 1.29 is 23.4 Å². The van der Waals surface area contributed by atoms with Crippen LogP contribution < -0.4 is 4.74 Å². The summed E-state index contributed by atoms with van der Waals surface area (Å²) in [5.41, 5.74) is 0.283. The fourth-order valence-electron chi connectivity index (χ4n) is 1.18. The number of carboxylic acid groups (broad SMARTS) is 1. The summed E-state index contributed by atoms with van der Waals surface area (Å²) in [5, 5.41) is 8.57. The highest BCUT2D eigenvalue weighted by atomic mass is 19.1. The van der Waals surface area contributed by atoms with Crippen LogP contribution in [0.15, 0.2) is 34.9 Å². The molecule has 17 heavy (non-hydrogen) atoms. The first-order chi connectivity index (χ1) is 8.16. The maximum Gasteiger partial charge on any atom is 0.392 e. The Bertz CT molecular complexity index is 538. The van der Waals surface area contributed by atoms with Crippen LogP contribution in [0.5, 0.6) is 5.75 Å². The second-order valence-electron chi connectivity index (χ2n) is 3.17. The summed E-state index contributed by atoms with van der Waals surface area (Å²) in [7, 11) is 0. The molecule has 0 fully saturated rings. The largest absolute Gasteiger partial charge is 0.484 e. The van der Waals surface area contributed by atoms with Gasteiger partial charge < -0.3 is 14.3 Å². The molecule has 2 rings (SSSR count). The quantitative estimate of drug-likeness (QED) is 0.881. The second-order valence-corrected chi connectivity index (χ2v) is 3.17. The van der Waals surface area contributed by atoms with Gasteiger partial charge in [-0.2, -0.15) is 0 Å². The Morgan fingerprint density at radius 3 is 2.88 bits per heavy atom. The first-order valence-corrected chi connectivity index (χ1v) is 4.72. The number of halogens is 1. The van der Waals surface area contributed by atoms with Gasteiger partial charge in [-0.25, -0.2) is 14.2 Å². The summed E-state index contributed by atoms with van der Waals surface area (Å²) < 4.78 is 22.9. The predicted molar refractivity (Wildman–Crippen MR) is 54.2 cm³/mol. The monoisotopic (exact) mass is 237 g/mol. The number of hydrogen-bond acceptors (Lipinski definition) is 4. The number of aromatic carboxylic acids is 1. The van der Waals surface area contributed by atoms with Crippen molar-refractivity contribution in [2.45, 2.75) is 6.61 Å². The third-order valence-corrected chi connectivity index (χ3v) is 1.95. The Morgan fingerprint density at radius 2 is 2.24 bits per heavy atom. The van der Waals surface area contributed by atoms with Gasteiger partial charge in [0, 0.05) is 0 Å². The van der Waals surface area contributed by atoms with Gasteiger partial charge in [-0.15, -0.1) is 0 Å². The molecule has 0 atom stereocenters. The molecule has 0 spiro atoms. The van der Waals surface area contributed by atoms with Crippen LogP contribution in [0.25, 0.3) is 0 Å². The van der Waals surface area contributed by atoms with Crippen LogP contribution >= 0.6 is 0 Å². The standard InChI is InChI=1S/C11H8FNO4/c12-8-3-1-2-4-9(8)16-5-7-6-17-10(13-7)11(14)15/h1-4,6H,5H2,(H,14,15). The van der Waals surface area contributed by atoms with Crippen LogP contribution in [0, 0.1) is 5.82 Å². The number of carbonyl (C=O) groups is 1. The fraction of sp³-hybridized carbons (Fsp3) is 0.0909. The van der Waals surface area contributed by atoms with E-state index in [4.69, 9.17) is 9.84 Å². The normalized spacial score (nSPS) is 10.2. The number of ether oxygens (including phenoxy) is 1. The highest BCUT2D eigenvalue weighted by Crippen LogP contribution is 2.16. The van der Waals surface area contributed by atoms with Gasteiger partial charge in [0.25, 0.3) is 0 Å². The molecule has 1 aromatic heterocycles. The summed E-state index contributed by atoms with van der Waals surface area (Å²) >= 11 is 0. The highest BCUT2D eigenvalue weighted by Gasteiger charge is 2.11. The molecule has 0 saturated carbocycles. The first kappa shape index (κ1) is 11.1. The number of benzene rings is 1. The van der Waals surface area contributed by atoms with Gasteiger partial charge in [0.05, 0.1) is 0 Å². The van der Waals surface area contributed by atoms with Gasteiger partial charge in [0.2, 0.25) is 0 Å². The lowest BCUT2D eigenvalue weighted by atomic mass is 10.3. The smallest absolute Gasteiger partial charge is 0.392 e. The van der Waals surface area contributed by atoms with Crippen molar-refractivity contribution >= 4 is 5.97 Å². The van der Waals surface area contributed by atoms with Gasteiger partial charge in [0.1, 0.15) is 18.6 Å². The van der Waals surface area contributed by atoms with Crippen molar-refractivity contribution in [3.63, 3.8) is 0 Å². The second kappa shape index (κ2) is 4.65. The molecule has 1 N–H and O–H groups in total. The summed E-state index contributed by atoms with van der Waals surface area (Å²) in [6.45, 7) is -0.0578. The minimum atomic E-state index is -1.26. The van der Waals surface area contributed by atoms with Gasteiger partial charge in [0.15, 0.2) is 11.6 Å². The zero-order valence-electron chi connectivity index (χ0n) is 8.59. The van der Waals surface area contributed by atoms with E-state index in [2.05, 4.69) is 9.40 Å². The molecule has 0 bridgehead atoms. The van der Waals surface area contributed by atoms with Crippen LogP contribution in [0.4, 0.5) is 4.39 Å². The molecule has 0 radical (unpaired) electrons. The van der Waals surface area contributed by atoms with E-state index in [0.717, 1.165) is 6.26 Å². The lowest BCUT2D eigenvalue weighted by Crippen LogP contribution is -2.00. The lowest BCUT2D eigenvalue weighted by Gasteiger charge is -2.03.